The van der Waals surface area contributed by atoms with Crippen LogP contribution in [-0.4, -0.2) is 34.2 Å². The third-order valence-electron chi connectivity index (χ3n) is 5.64. The van der Waals surface area contributed by atoms with E-state index in [0.717, 1.165) is 12.8 Å². The van der Waals surface area contributed by atoms with E-state index in [2.05, 4.69) is 6.92 Å². The van der Waals surface area contributed by atoms with Crippen LogP contribution in [0.5, 0.6) is 0 Å². The van der Waals surface area contributed by atoms with Crippen molar-refractivity contribution in [2.45, 2.75) is 147 Å². The maximum atomic E-state index is 11.9. The van der Waals surface area contributed by atoms with Crippen molar-refractivity contribution in [1.29, 1.82) is 0 Å². The molecule has 0 rings (SSSR count). The van der Waals surface area contributed by atoms with Crippen LogP contribution >= 0.6 is 11.8 Å². The third kappa shape index (κ3) is 23.8. The number of unbranched alkanes of at least 4 members (excludes halogenated alkanes) is 15. The maximum Gasteiger partial charge on any atom is 0.306 e. The number of carboxylic acids is 1. The van der Waals surface area contributed by atoms with Gasteiger partial charge in [0, 0.05) is 10.5 Å². The van der Waals surface area contributed by atoms with Crippen molar-refractivity contribution >= 4 is 23.7 Å². The van der Waals surface area contributed by atoms with Crippen LogP contribution in [0.1, 0.15) is 136 Å². The molecule has 2 unspecified atom stereocenters. The van der Waals surface area contributed by atoms with Crippen molar-refractivity contribution in [3.05, 3.63) is 0 Å². The lowest BCUT2D eigenvalue weighted by molar-refractivity contribution is -0.143. The number of rotatable bonds is 23. The summed E-state index contributed by atoms with van der Waals surface area (Å²) in [5.74, 6) is -0.957. The Morgan fingerprint density at radius 3 is 1.48 bits per heavy atom. The Morgan fingerprint density at radius 1 is 0.677 bits per heavy atom. The standard InChI is InChI=1S/C26H50O4S/c1-4-5-6-7-8-9-10-11-12-13-14-15-16-17-18-19-20-30-26(29)22-24(3)31-23(2)21-25(27)28/h23-24H,4-22H2,1-3H3,(H,27,28). The molecule has 184 valence electrons. The van der Waals surface area contributed by atoms with Gasteiger partial charge in [-0.2, -0.15) is 11.8 Å². The summed E-state index contributed by atoms with van der Waals surface area (Å²) in [4.78, 5) is 22.6. The maximum absolute atomic E-state index is 11.9. The van der Waals surface area contributed by atoms with E-state index < -0.39 is 5.97 Å². The fourth-order valence-corrected chi connectivity index (χ4v) is 5.13. The number of carbonyl (C=O) groups excluding carboxylic acids is 1. The van der Waals surface area contributed by atoms with E-state index in [0.29, 0.717) is 13.0 Å². The molecule has 0 fully saturated rings. The van der Waals surface area contributed by atoms with E-state index in [4.69, 9.17) is 9.84 Å². The zero-order valence-corrected chi connectivity index (χ0v) is 21.5. The molecule has 4 nitrogen and oxygen atoms in total. The normalized spacial score (nSPS) is 13.1. The Balaban J connectivity index is 3.32. The Labute approximate surface area is 196 Å². The van der Waals surface area contributed by atoms with E-state index in [1.54, 1.807) is 0 Å². The molecule has 0 aromatic heterocycles. The summed E-state index contributed by atoms with van der Waals surface area (Å²) in [5.41, 5.74) is 0. The number of thioether (sulfide) groups is 1. The number of carboxylic acid groups (broad SMARTS) is 1. The van der Waals surface area contributed by atoms with Gasteiger partial charge in [0.15, 0.2) is 0 Å². The zero-order chi connectivity index (χ0) is 23.2. The van der Waals surface area contributed by atoms with Crippen LogP contribution in [0, 0.1) is 0 Å². The average molecular weight is 459 g/mol. The quantitative estimate of drug-likeness (QED) is 0.124. The molecule has 0 heterocycles. The average Bonchev–Trinajstić information content (AvgIpc) is 2.69. The molecule has 2 atom stereocenters. The lowest BCUT2D eigenvalue weighted by Crippen LogP contribution is -2.15. The van der Waals surface area contributed by atoms with Gasteiger partial charge in [-0.3, -0.25) is 9.59 Å². The summed E-state index contributed by atoms with van der Waals surface area (Å²) in [6.45, 7) is 6.63. The van der Waals surface area contributed by atoms with E-state index in [-0.39, 0.29) is 22.9 Å². The zero-order valence-electron chi connectivity index (χ0n) is 20.7. The molecule has 0 aliphatic rings. The first-order chi connectivity index (χ1) is 15.0. The van der Waals surface area contributed by atoms with Crippen molar-refractivity contribution < 1.29 is 19.4 Å². The van der Waals surface area contributed by atoms with Gasteiger partial charge in [-0.25, -0.2) is 0 Å². The largest absolute Gasteiger partial charge is 0.481 e. The van der Waals surface area contributed by atoms with Crippen LogP contribution in [0.4, 0.5) is 0 Å². The molecule has 5 heteroatoms. The van der Waals surface area contributed by atoms with Gasteiger partial charge in [0.05, 0.1) is 19.4 Å². The van der Waals surface area contributed by atoms with E-state index in [9.17, 15) is 9.59 Å². The molecule has 0 aliphatic heterocycles. The van der Waals surface area contributed by atoms with Gasteiger partial charge in [0.25, 0.3) is 0 Å². The molecule has 0 aromatic rings. The predicted octanol–water partition coefficient (Wildman–Crippen LogP) is 8.17. The molecular weight excluding hydrogens is 408 g/mol. The molecule has 0 amide bonds. The molecular formula is C26H50O4S. The van der Waals surface area contributed by atoms with Gasteiger partial charge in [0.1, 0.15) is 0 Å². The minimum atomic E-state index is -0.793. The molecule has 0 spiro atoms. The monoisotopic (exact) mass is 458 g/mol. The second-order valence-electron chi connectivity index (χ2n) is 9.08. The molecule has 0 bridgehead atoms. The minimum Gasteiger partial charge on any atom is -0.481 e. The number of ether oxygens (including phenoxy) is 1. The lowest BCUT2D eigenvalue weighted by atomic mass is 10.0. The second-order valence-corrected chi connectivity index (χ2v) is 11.0. The van der Waals surface area contributed by atoms with Crippen molar-refractivity contribution in [3.8, 4) is 0 Å². The van der Waals surface area contributed by atoms with Crippen LogP contribution in [0.2, 0.25) is 0 Å². The highest BCUT2D eigenvalue weighted by atomic mass is 32.2. The van der Waals surface area contributed by atoms with E-state index in [1.807, 2.05) is 13.8 Å². The van der Waals surface area contributed by atoms with Crippen molar-refractivity contribution in [3.63, 3.8) is 0 Å². The van der Waals surface area contributed by atoms with Crippen molar-refractivity contribution in [1.82, 2.24) is 0 Å². The SMILES string of the molecule is CCCCCCCCCCCCCCCCCCOC(=O)CC(C)SC(C)CC(=O)O. The van der Waals surface area contributed by atoms with Crippen LogP contribution in [0.3, 0.4) is 0 Å². The van der Waals surface area contributed by atoms with Gasteiger partial charge >= 0.3 is 11.9 Å². The summed E-state index contributed by atoms with van der Waals surface area (Å²) in [6, 6.07) is 0. The van der Waals surface area contributed by atoms with Gasteiger partial charge < -0.3 is 9.84 Å². The number of esters is 1. The molecule has 1 N–H and O–H groups in total. The van der Waals surface area contributed by atoms with Gasteiger partial charge in [0.2, 0.25) is 0 Å². The van der Waals surface area contributed by atoms with Crippen LogP contribution in [0.15, 0.2) is 0 Å². The first kappa shape index (κ1) is 30.3. The highest BCUT2D eigenvalue weighted by Gasteiger charge is 2.16. The van der Waals surface area contributed by atoms with Crippen LogP contribution in [-0.2, 0) is 14.3 Å². The topological polar surface area (TPSA) is 63.6 Å². The fourth-order valence-electron chi connectivity index (χ4n) is 3.87. The minimum absolute atomic E-state index is 0.0145. The van der Waals surface area contributed by atoms with Gasteiger partial charge in [-0.1, -0.05) is 117 Å². The molecule has 0 radical (unpaired) electrons. The predicted molar refractivity (Wildman–Crippen MR) is 134 cm³/mol. The Morgan fingerprint density at radius 2 is 1.06 bits per heavy atom. The Bertz CT molecular complexity index is 428. The number of aliphatic carboxylic acids is 1. The highest BCUT2D eigenvalue weighted by Crippen LogP contribution is 2.23. The van der Waals surface area contributed by atoms with Crippen LogP contribution in [0.25, 0.3) is 0 Å². The summed E-state index contributed by atoms with van der Waals surface area (Å²) in [6.07, 6.45) is 21.8. The van der Waals surface area contributed by atoms with E-state index >= 15 is 0 Å². The molecule has 0 saturated carbocycles. The van der Waals surface area contributed by atoms with E-state index in [1.165, 1.54) is 102 Å². The smallest absolute Gasteiger partial charge is 0.306 e. The highest BCUT2D eigenvalue weighted by molar-refractivity contribution is 8.00. The summed E-state index contributed by atoms with van der Waals surface area (Å²) in [5, 5.41) is 8.89. The molecule has 31 heavy (non-hydrogen) atoms. The number of hydrogen-bond donors (Lipinski definition) is 1. The fraction of sp³-hybridized carbons (Fsp3) is 0.923. The van der Waals surface area contributed by atoms with Gasteiger partial charge in [-0.05, 0) is 6.42 Å². The lowest BCUT2D eigenvalue weighted by Gasteiger charge is -2.15. The number of carbonyl (C=O) groups is 2. The molecule has 0 aromatic carbocycles. The number of hydrogen-bond acceptors (Lipinski definition) is 4. The Hall–Kier alpha value is -0.710. The first-order valence-corrected chi connectivity index (χ1v) is 13.9. The third-order valence-corrected chi connectivity index (χ3v) is 6.90. The molecule has 0 aliphatic carbocycles. The first-order valence-electron chi connectivity index (χ1n) is 13.0. The Kier molecular flexibility index (Phi) is 22.0. The summed E-state index contributed by atoms with van der Waals surface area (Å²) >= 11 is 1.54. The van der Waals surface area contributed by atoms with Crippen LogP contribution < -0.4 is 0 Å². The van der Waals surface area contributed by atoms with Gasteiger partial charge in [-0.15, -0.1) is 0 Å². The van der Waals surface area contributed by atoms with Crippen molar-refractivity contribution in [2.24, 2.45) is 0 Å². The summed E-state index contributed by atoms with van der Waals surface area (Å²) in [7, 11) is 0. The van der Waals surface area contributed by atoms with Crippen molar-refractivity contribution in [2.75, 3.05) is 6.61 Å². The summed E-state index contributed by atoms with van der Waals surface area (Å²) < 4.78 is 5.33. The second kappa shape index (κ2) is 22.5. The molecule has 0 saturated heterocycles.